The molecule has 0 saturated carbocycles. The first-order valence-corrected chi connectivity index (χ1v) is 7.48. The molecular formula is C18H18N2O4. The van der Waals surface area contributed by atoms with Crippen molar-refractivity contribution in [3.63, 3.8) is 0 Å². The minimum absolute atomic E-state index is 0.120. The van der Waals surface area contributed by atoms with Crippen molar-refractivity contribution in [3.8, 4) is 16.9 Å². The average molecular weight is 326 g/mol. The molecular weight excluding hydrogens is 308 g/mol. The zero-order valence-corrected chi connectivity index (χ0v) is 13.8. The number of benzene rings is 1. The molecule has 6 nitrogen and oxygen atoms in total. The van der Waals surface area contributed by atoms with E-state index < -0.39 is 0 Å². The van der Waals surface area contributed by atoms with Crippen LogP contribution >= 0.6 is 0 Å². The number of nitrogens with one attached hydrogen (secondary N) is 1. The van der Waals surface area contributed by atoms with Crippen molar-refractivity contribution in [3.05, 3.63) is 52.6 Å². The molecule has 0 bridgehead atoms. The lowest BCUT2D eigenvalue weighted by molar-refractivity contribution is -0.141. The van der Waals surface area contributed by atoms with Gasteiger partial charge in [-0.3, -0.25) is 9.59 Å². The molecule has 0 unspecified atom stereocenters. The minimum atomic E-state index is -0.321. The number of rotatable bonds is 4. The molecule has 0 spiro atoms. The third-order valence-corrected chi connectivity index (χ3v) is 4.12. The average Bonchev–Trinajstić information content (AvgIpc) is 2.87. The van der Waals surface area contributed by atoms with E-state index in [1.54, 1.807) is 19.4 Å². The predicted octanol–water partition coefficient (Wildman–Crippen LogP) is 2.49. The third kappa shape index (κ3) is 2.67. The number of aromatic nitrogens is 2. The summed E-state index contributed by atoms with van der Waals surface area (Å²) in [5, 5.41) is 0.947. The maximum atomic E-state index is 11.8. The fourth-order valence-corrected chi connectivity index (χ4v) is 2.92. The Morgan fingerprint density at radius 3 is 2.62 bits per heavy atom. The molecule has 0 aliphatic carbocycles. The number of ether oxygens (including phenoxy) is 2. The number of aromatic amines is 1. The highest BCUT2D eigenvalue weighted by molar-refractivity contribution is 5.99. The summed E-state index contributed by atoms with van der Waals surface area (Å²) in [5.41, 5.74) is 3.47. The van der Waals surface area contributed by atoms with E-state index in [0.29, 0.717) is 0 Å². The van der Waals surface area contributed by atoms with Crippen LogP contribution in [0.2, 0.25) is 0 Å². The SMILES string of the molecule is COC(=O)Cn1c(C)c(-c2ccc(=O)[nH]c2)c2cc(OC)ccc21. The van der Waals surface area contributed by atoms with E-state index in [0.717, 1.165) is 33.5 Å². The Morgan fingerprint density at radius 1 is 1.21 bits per heavy atom. The number of hydrogen-bond acceptors (Lipinski definition) is 4. The van der Waals surface area contributed by atoms with E-state index in [-0.39, 0.29) is 18.1 Å². The van der Waals surface area contributed by atoms with Crippen LogP contribution in [0.4, 0.5) is 0 Å². The van der Waals surface area contributed by atoms with Crippen LogP contribution in [0.15, 0.2) is 41.3 Å². The van der Waals surface area contributed by atoms with Gasteiger partial charge in [0.2, 0.25) is 5.56 Å². The summed E-state index contributed by atoms with van der Waals surface area (Å²) in [6, 6.07) is 8.95. The summed E-state index contributed by atoms with van der Waals surface area (Å²) in [6.45, 7) is 2.06. The van der Waals surface area contributed by atoms with Crippen molar-refractivity contribution in [2.24, 2.45) is 0 Å². The maximum Gasteiger partial charge on any atom is 0.325 e. The third-order valence-electron chi connectivity index (χ3n) is 4.12. The number of pyridine rings is 1. The number of H-pyrrole nitrogens is 1. The molecule has 0 fully saturated rings. The minimum Gasteiger partial charge on any atom is -0.497 e. The molecule has 124 valence electrons. The lowest BCUT2D eigenvalue weighted by Gasteiger charge is -2.07. The Morgan fingerprint density at radius 2 is 2.00 bits per heavy atom. The van der Waals surface area contributed by atoms with Crippen LogP contribution in [-0.2, 0) is 16.1 Å². The van der Waals surface area contributed by atoms with Gasteiger partial charge in [0.05, 0.1) is 14.2 Å². The monoisotopic (exact) mass is 326 g/mol. The lowest BCUT2D eigenvalue weighted by Crippen LogP contribution is -2.12. The fraction of sp³-hybridized carbons (Fsp3) is 0.222. The van der Waals surface area contributed by atoms with Crippen molar-refractivity contribution < 1.29 is 14.3 Å². The largest absolute Gasteiger partial charge is 0.497 e. The normalized spacial score (nSPS) is 10.8. The number of nitrogens with zero attached hydrogens (tertiary/aromatic N) is 1. The number of carbonyl (C=O) groups excluding carboxylic acids is 1. The summed E-state index contributed by atoms with van der Waals surface area (Å²) >= 11 is 0. The number of methoxy groups -OCH3 is 2. The zero-order valence-electron chi connectivity index (χ0n) is 13.8. The fourth-order valence-electron chi connectivity index (χ4n) is 2.92. The van der Waals surface area contributed by atoms with Gasteiger partial charge in [0, 0.05) is 40.0 Å². The lowest BCUT2D eigenvalue weighted by atomic mass is 10.0. The highest BCUT2D eigenvalue weighted by Crippen LogP contribution is 2.36. The second-order valence-electron chi connectivity index (χ2n) is 5.45. The Bertz CT molecular complexity index is 949. The van der Waals surface area contributed by atoms with Crippen LogP contribution in [0.5, 0.6) is 5.75 Å². The van der Waals surface area contributed by atoms with Crippen molar-refractivity contribution in [1.29, 1.82) is 0 Å². The first-order valence-electron chi connectivity index (χ1n) is 7.48. The predicted molar refractivity (Wildman–Crippen MR) is 91.3 cm³/mol. The highest BCUT2D eigenvalue weighted by Gasteiger charge is 2.18. The molecule has 0 amide bonds. The Kier molecular flexibility index (Phi) is 4.12. The summed E-state index contributed by atoms with van der Waals surface area (Å²) in [5.74, 6) is 0.405. The van der Waals surface area contributed by atoms with Crippen molar-refractivity contribution >= 4 is 16.9 Å². The van der Waals surface area contributed by atoms with Gasteiger partial charge in [0.25, 0.3) is 0 Å². The van der Waals surface area contributed by atoms with Gasteiger partial charge in [0.15, 0.2) is 0 Å². The number of esters is 1. The smallest absolute Gasteiger partial charge is 0.325 e. The molecule has 0 aliphatic rings. The first-order chi connectivity index (χ1) is 11.5. The molecule has 2 aromatic heterocycles. The second-order valence-corrected chi connectivity index (χ2v) is 5.45. The summed E-state index contributed by atoms with van der Waals surface area (Å²) in [4.78, 5) is 25.8. The van der Waals surface area contributed by atoms with E-state index in [1.807, 2.05) is 29.7 Å². The van der Waals surface area contributed by atoms with E-state index in [1.165, 1.54) is 13.2 Å². The Labute approximate surface area is 138 Å². The van der Waals surface area contributed by atoms with E-state index in [4.69, 9.17) is 9.47 Å². The van der Waals surface area contributed by atoms with Gasteiger partial charge in [-0.2, -0.15) is 0 Å². The van der Waals surface area contributed by atoms with Crippen LogP contribution < -0.4 is 10.3 Å². The van der Waals surface area contributed by atoms with Crippen molar-refractivity contribution in [2.45, 2.75) is 13.5 Å². The Hall–Kier alpha value is -3.02. The second kappa shape index (κ2) is 6.23. The Balaban J connectivity index is 2.29. The molecule has 2 heterocycles. The summed E-state index contributed by atoms with van der Waals surface area (Å²) in [7, 11) is 2.98. The van der Waals surface area contributed by atoms with Gasteiger partial charge in [-0.05, 0) is 31.2 Å². The molecule has 3 rings (SSSR count). The maximum absolute atomic E-state index is 11.8. The van der Waals surface area contributed by atoms with E-state index in [2.05, 4.69) is 4.98 Å². The standard InChI is InChI=1S/C18H18N2O4/c1-11-18(12-4-7-16(21)19-9-12)14-8-13(23-2)5-6-15(14)20(11)10-17(22)24-3/h4-9H,10H2,1-3H3,(H,19,21). The molecule has 24 heavy (non-hydrogen) atoms. The van der Waals surface area contributed by atoms with Crippen LogP contribution in [0.1, 0.15) is 5.69 Å². The first kappa shape index (κ1) is 15.9. The molecule has 1 N–H and O–H groups in total. The van der Waals surface area contributed by atoms with Crippen molar-refractivity contribution in [2.75, 3.05) is 14.2 Å². The van der Waals surface area contributed by atoms with Gasteiger partial charge < -0.3 is 19.0 Å². The van der Waals surface area contributed by atoms with E-state index >= 15 is 0 Å². The van der Waals surface area contributed by atoms with Gasteiger partial charge in [0.1, 0.15) is 12.3 Å². The molecule has 0 radical (unpaired) electrons. The number of carbonyl (C=O) groups is 1. The summed E-state index contributed by atoms with van der Waals surface area (Å²) in [6.07, 6.45) is 1.67. The van der Waals surface area contributed by atoms with Crippen LogP contribution in [0, 0.1) is 6.92 Å². The topological polar surface area (TPSA) is 73.3 Å². The van der Waals surface area contributed by atoms with Crippen LogP contribution in [0.25, 0.3) is 22.0 Å². The molecule has 1 aromatic carbocycles. The molecule has 3 aromatic rings. The van der Waals surface area contributed by atoms with Crippen LogP contribution in [-0.4, -0.2) is 29.7 Å². The molecule has 0 aliphatic heterocycles. The highest BCUT2D eigenvalue weighted by atomic mass is 16.5. The quantitative estimate of drug-likeness (QED) is 0.748. The molecule has 0 atom stereocenters. The molecule has 6 heteroatoms. The van der Waals surface area contributed by atoms with Crippen LogP contribution in [0.3, 0.4) is 0 Å². The van der Waals surface area contributed by atoms with Gasteiger partial charge in [-0.25, -0.2) is 0 Å². The molecule has 0 saturated heterocycles. The van der Waals surface area contributed by atoms with Gasteiger partial charge >= 0.3 is 5.97 Å². The van der Waals surface area contributed by atoms with Crippen molar-refractivity contribution in [1.82, 2.24) is 9.55 Å². The zero-order chi connectivity index (χ0) is 17.3. The van der Waals surface area contributed by atoms with Gasteiger partial charge in [-0.1, -0.05) is 0 Å². The number of fused-ring (bicyclic) bond motifs is 1. The number of hydrogen-bond donors (Lipinski definition) is 1. The van der Waals surface area contributed by atoms with Gasteiger partial charge in [-0.15, -0.1) is 0 Å². The van der Waals surface area contributed by atoms with E-state index in [9.17, 15) is 9.59 Å². The summed E-state index contributed by atoms with van der Waals surface area (Å²) < 4.78 is 12.0.